The van der Waals surface area contributed by atoms with Crippen molar-refractivity contribution in [1.29, 1.82) is 0 Å². The Morgan fingerprint density at radius 3 is 2.33 bits per heavy atom. The Morgan fingerprint density at radius 1 is 1.17 bits per heavy atom. The van der Waals surface area contributed by atoms with Gasteiger partial charge >= 0.3 is 0 Å². The number of ketones is 1. The average Bonchev–Trinajstić information content (AvgIpc) is 2.90. The molecule has 0 fully saturated rings. The molecule has 4 N–H and O–H groups in total. The van der Waals surface area contributed by atoms with Gasteiger partial charge in [-0.05, 0) is 12.1 Å². The number of rotatable bonds is 6. The number of anilines is 1. The van der Waals surface area contributed by atoms with Gasteiger partial charge in [0.1, 0.15) is 5.92 Å². The van der Waals surface area contributed by atoms with Gasteiger partial charge in [0.2, 0.25) is 5.91 Å². The molecule has 0 radical (unpaired) electrons. The summed E-state index contributed by atoms with van der Waals surface area (Å²) in [7, 11) is 0. The molecule has 1 aromatic carbocycles. The molecule has 1 aromatic rings. The van der Waals surface area contributed by atoms with Crippen LogP contribution in [0.2, 0.25) is 0 Å². The minimum absolute atomic E-state index is 0.0187. The molecule has 1 heterocycles. The summed E-state index contributed by atoms with van der Waals surface area (Å²) in [5.74, 6) is -5.42. The van der Waals surface area contributed by atoms with E-state index in [4.69, 9.17) is 10.9 Å². The first-order valence-electron chi connectivity index (χ1n) is 6.77. The lowest BCUT2D eigenvalue weighted by molar-refractivity contribution is -0.134. The molecule has 9 heteroatoms. The standard InChI is InChI=1S/C15H13N3O6/c16-11(19)7-10(15(23)17-24)14(22)8-2-1-3-9(6-8)18-12(20)4-5-13(18)21/h1-6,10,24H,7H2,(H2,16,19)(H,17,23). The first-order chi connectivity index (χ1) is 11.3. The van der Waals surface area contributed by atoms with Crippen LogP contribution in [0.5, 0.6) is 0 Å². The third-order valence-electron chi connectivity index (χ3n) is 3.35. The van der Waals surface area contributed by atoms with Crippen molar-refractivity contribution in [2.75, 3.05) is 4.90 Å². The maximum Gasteiger partial charge on any atom is 0.258 e. The third kappa shape index (κ3) is 3.36. The Bertz CT molecular complexity index is 752. The van der Waals surface area contributed by atoms with E-state index in [-0.39, 0.29) is 11.3 Å². The van der Waals surface area contributed by atoms with E-state index in [1.807, 2.05) is 0 Å². The van der Waals surface area contributed by atoms with Crippen LogP contribution in [-0.2, 0) is 19.2 Å². The fourth-order valence-corrected chi connectivity index (χ4v) is 2.24. The fraction of sp³-hybridized carbons (Fsp3) is 0.133. The zero-order valence-corrected chi connectivity index (χ0v) is 12.3. The van der Waals surface area contributed by atoms with Crippen molar-refractivity contribution < 1.29 is 29.2 Å². The van der Waals surface area contributed by atoms with Gasteiger partial charge < -0.3 is 5.73 Å². The number of amides is 4. The van der Waals surface area contributed by atoms with Crippen LogP contribution in [0.25, 0.3) is 0 Å². The van der Waals surface area contributed by atoms with Gasteiger partial charge in [-0.1, -0.05) is 12.1 Å². The maximum absolute atomic E-state index is 12.4. The number of hydroxylamine groups is 1. The van der Waals surface area contributed by atoms with Gasteiger partial charge in [-0.25, -0.2) is 10.4 Å². The van der Waals surface area contributed by atoms with E-state index in [0.29, 0.717) is 0 Å². The van der Waals surface area contributed by atoms with E-state index in [2.05, 4.69) is 0 Å². The third-order valence-corrected chi connectivity index (χ3v) is 3.35. The van der Waals surface area contributed by atoms with Crippen molar-refractivity contribution in [3.8, 4) is 0 Å². The van der Waals surface area contributed by atoms with E-state index in [1.54, 1.807) is 0 Å². The molecule has 24 heavy (non-hydrogen) atoms. The molecular formula is C15H13N3O6. The number of carbonyl (C=O) groups is 5. The highest BCUT2D eigenvalue weighted by Gasteiger charge is 2.31. The number of hydrogen-bond donors (Lipinski definition) is 3. The summed E-state index contributed by atoms with van der Waals surface area (Å²) >= 11 is 0. The van der Waals surface area contributed by atoms with Gasteiger partial charge in [-0.2, -0.15) is 0 Å². The molecule has 4 amide bonds. The fourth-order valence-electron chi connectivity index (χ4n) is 2.24. The highest BCUT2D eigenvalue weighted by molar-refractivity contribution is 6.28. The Morgan fingerprint density at radius 2 is 1.79 bits per heavy atom. The number of nitrogens with one attached hydrogen (secondary N) is 1. The summed E-state index contributed by atoms with van der Waals surface area (Å²) in [4.78, 5) is 59.3. The van der Waals surface area contributed by atoms with Gasteiger partial charge in [-0.15, -0.1) is 0 Å². The van der Waals surface area contributed by atoms with Gasteiger partial charge in [0.25, 0.3) is 17.7 Å². The molecule has 0 saturated heterocycles. The number of benzene rings is 1. The van der Waals surface area contributed by atoms with Crippen LogP contribution in [0.15, 0.2) is 36.4 Å². The minimum atomic E-state index is -1.52. The van der Waals surface area contributed by atoms with E-state index in [1.165, 1.54) is 29.7 Å². The molecule has 1 aliphatic heterocycles. The molecule has 1 unspecified atom stereocenters. The molecule has 9 nitrogen and oxygen atoms in total. The number of carbonyl (C=O) groups excluding carboxylic acids is 5. The highest BCUT2D eigenvalue weighted by atomic mass is 16.5. The molecule has 124 valence electrons. The lowest BCUT2D eigenvalue weighted by atomic mass is 9.93. The first-order valence-corrected chi connectivity index (χ1v) is 6.77. The molecular weight excluding hydrogens is 318 g/mol. The van der Waals surface area contributed by atoms with Crippen LogP contribution in [0.3, 0.4) is 0 Å². The number of Topliss-reactive ketones (excluding diaryl/α,β-unsaturated/α-hetero) is 1. The predicted octanol–water partition coefficient (Wildman–Crippen LogP) is -0.704. The zero-order chi connectivity index (χ0) is 17.9. The van der Waals surface area contributed by atoms with Crippen LogP contribution in [0.4, 0.5) is 5.69 Å². The van der Waals surface area contributed by atoms with E-state index in [0.717, 1.165) is 17.1 Å². The van der Waals surface area contributed by atoms with Crippen LogP contribution in [0.1, 0.15) is 16.8 Å². The molecule has 0 bridgehead atoms. The molecule has 2 rings (SSSR count). The number of nitrogens with two attached hydrogens (primary N) is 1. The van der Waals surface area contributed by atoms with Gasteiger partial charge in [0.05, 0.1) is 5.69 Å². The quantitative estimate of drug-likeness (QED) is 0.206. The first kappa shape index (κ1) is 17.0. The Balaban J connectivity index is 2.34. The van der Waals surface area contributed by atoms with Crippen LogP contribution in [-0.4, -0.2) is 34.6 Å². The smallest absolute Gasteiger partial charge is 0.258 e. The summed E-state index contributed by atoms with van der Waals surface area (Å²) in [6.07, 6.45) is 1.58. The number of nitrogens with zero attached hydrogens (tertiary/aromatic N) is 1. The van der Waals surface area contributed by atoms with Crippen molar-refractivity contribution in [1.82, 2.24) is 5.48 Å². The Labute approximate surface area is 135 Å². The van der Waals surface area contributed by atoms with E-state index in [9.17, 15) is 24.0 Å². The van der Waals surface area contributed by atoms with Crippen LogP contribution >= 0.6 is 0 Å². The van der Waals surface area contributed by atoms with Crippen molar-refractivity contribution >= 4 is 35.1 Å². The lowest BCUT2D eigenvalue weighted by Crippen LogP contribution is -2.36. The Kier molecular flexibility index (Phi) is 4.85. The number of primary amides is 1. The number of hydrogen-bond acceptors (Lipinski definition) is 6. The molecule has 1 aliphatic rings. The summed E-state index contributed by atoms with van der Waals surface area (Å²) < 4.78 is 0. The maximum atomic E-state index is 12.4. The molecule has 0 aliphatic carbocycles. The topological polar surface area (TPSA) is 147 Å². The molecule has 0 aromatic heterocycles. The summed E-state index contributed by atoms with van der Waals surface area (Å²) in [5.41, 5.74) is 6.44. The summed E-state index contributed by atoms with van der Waals surface area (Å²) in [6, 6.07) is 5.45. The molecule has 0 spiro atoms. The van der Waals surface area contributed by atoms with E-state index < -0.39 is 41.8 Å². The highest BCUT2D eigenvalue weighted by Crippen LogP contribution is 2.22. The molecule has 0 saturated carbocycles. The lowest BCUT2D eigenvalue weighted by Gasteiger charge is -2.16. The largest absolute Gasteiger partial charge is 0.370 e. The van der Waals surface area contributed by atoms with Crippen molar-refractivity contribution in [2.24, 2.45) is 11.7 Å². The van der Waals surface area contributed by atoms with Crippen molar-refractivity contribution in [3.05, 3.63) is 42.0 Å². The average molecular weight is 331 g/mol. The predicted molar refractivity (Wildman–Crippen MR) is 79.6 cm³/mol. The monoisotopic (exact) mass is 331 g/mol. The second-order valence-electron chi connectivity index (χ2n) is 4.96. The SMILES string of the molecule is NC(=O)CC(C(=O)NO)C(=O)c1cccc(N2C(=O)C=CC2=O)c1. The summed E-state index contributed by atoms with van der Waals surface area (Å²) in [5, 5.41) is 8.70. The van der Waals surface area contributed by atoms with Crippen molar-refractivity contribution in [3.63, 3.8) is 0 Å². The number of imide groups is 1. The normalized spacial score (nSPS) is 14.6. The van der Waals surface area contributed by atoms with Gasteiger partial charge in [-0.3, -0.25) is 29.2 Å². The van der Waals surface area contributed by atoms with Gasteiger partial charge in [0.15, 0.2) is 5.78 Å². The second-order valence-corrected chi connectivity index (χ2v) is 4.96. The van der Waals surface area contributed by atoms with Crippen LogP contribution < -0.4 is 16.1 Å². The Hall–Kier alpha value is -3.33. The minimum Gasteiger partial charge on any atom is -0.370 e. The van der Waals surface area contributed by atoms with Crippen molar-refractivity contribution in [2.45, 2.75) is 6.42 Å². The van der Waals surface area contributed by atoms with Crippen LogP contribution in [0, 0.1) is 5.92 Å². The zero-order valence-electron chi connectivity index (χ0n) is 12.3. The van der Waals surface area contributed by atoms with Gasteiger partial charge in [0, 0.05) is 24.1 Å². The molecule has 1 atom stereocenters. The second kappa shape index (κ2) is 6.84. The summed E-state index contributed by atoms with van der Waals surface area (Å²) in [6.45, 7) is 0. The van der Waals surface area contributed by atoms with E-state index >= 15 is 0 Å².